The fourth-order valence-electron chi connectivity index (χ4n) is 3.35. The van der Waals surface area contributed by atoms with Gasteiger partial charge in [-0.05, 0) is 38.0 Å². The van der Waals surface area contributed by atoms with Crippen LogP contribution in [0.3, 0.4) is 0 Å². The van der Waals surface area contributed by atoms with E-state index in [1.54, 1.807) is 36.0 Å². The first kappa shape index (κ1) is 16.7. The van der Waals surface area contributed by atoms with E-state index >= 15 is 0 Å². The van der Waals surface area contributed by atoms with Crippen molar-refractivity contribution in [3.05, 3.63) is 29.3 Å². The fraction of sp³-hybridized carbons (Fsp3) is 0.529. The molecule has 1 aromatic carbocycles. The third-order valence-electron chi connectivity index (χ3n) is 4.50. The van der Waals surface area contributed by atoms with Crippen molar-refractivity contribution in [2.45, 2.75) is 50.3 Å². The monoisotopic (exact) mass is 352 g/mol. The second kappa shape index (κ2) is 5.71. The van der Waals surface area contributed by atoms with Crippen LogP contribution in [0.25, 0.3) is 0 Å². The lowest BCUT2D eigenvalue weighted by atomic mass is 9.95. The third kappa shape index (κ3) is 2.74. The molecular formula is C17H21ClN2O2S. The summed E-state index contributed by atoms with van der Waals surface area (Å²) in [5.74, 6) is 0.166. The minimum absolute atomic E-state index is 0.0599. The minimum atomic E-state index is -0.231. The van der Waals surface area contributed by atoms with Gasteiger partial charge in [-0.1, -0.05) is 31.5 Å². The molecule has 0 aliphatic carbocycles. The molecule has 0 radical (unpaired) electrons. The third-order valence-corrected chi connectivity index (χ3v) is 6.63. The van der Waals surface area contributed by atoms with Crippen LogP contribution >= 0.6 is 23.4 Å². The molecule has 0 N–H and O–H groups in total. The second-order valence-electron chi connectivity index (χ2n) is 6.97. The van der Waals surface area contributed by atoms with Crippen LogP contribution in [0.1, 0.15) is 34.1 Å². The van der Waals surface area contributed by atoms with E-state index in [4.69, 9.17) is 11.6 Å². The molecule has 3 amide bonds. The first-order chi connectivity index (χ1) is 10.7. The maximum Gasteiger partial charge on any atom is 0.332 e. The number of halogens is 1. The number of imide groups is 1. The number of urea groups is 1. The molecule has 3 rings (SSSR count). The zero-order chi connectivity index (χ0) is 16.9. The van der Waals surface area contributed by atoms with Gasteiger partial charge >= 0.3 is 6.03 Å². The zero-order valence-corrected chi connectivity index (χ0v) is 15.3. The molecule has 0 bridgehead atoms. The summed E-state index contributed by atoms with van der Waals surface area (Å²) in [4.78, 5) is 28.9. The van der Waals surface area contributed by atoms with E-state index in [2.05, 4.69) is 27.7 Å². The smallest absolute Gasteiger partial charge is 0.307 e. The number of hydrogen-bond donors (Lipinski definition) is 0. The molecule has 0 spiro atoms. The summed E-state index contributed by atoms with van der Waals surface area (Å²) in [7, 11) is 0. The molecule has 1 aromatic rings. The summed E-state index contributed by atoms with van der Waals surface area (Å²) in [5.41, 5.74) is 0.545. The summed E-state index contributed by atoms with van der Waals surface area (Å²) in [6.45, 7) is 8.47. The number of thioether (sulfide) groups is 1. The highest BCUT2D eigenvalue weighted by atomic mass is 35.5. The fourth-order valence-corrected chi connectivity index (χ4v) is 5.13. The molecular weight excluding hydrogens is 332 g/mol. The summed E-state index contributed by atoms with van der Waals surface area (Å²) >= 11 is 7.82. The molecule has 0 aromatic heterocycles. The van der Waals surface area contributed by atoms with Gasteiger partial charge in [0, 0.05) is 16.2 Å². The van der Waals surface area contributed by atoms with Gasteiger partial charge in [-0.15, -0.1) is 11.8 Å². The predicted molar refractivity (Wildman–Crippen MR) is 94.9 cm³/mol. The number of amides is 3. The largest absolute Gasteiger partial charge is 0.332 e. The quantitative estimate of drug-likeness (QED) is 0.793. The van der Waals surface area contributed by atoms with Gasteiger partial charge in [0.1, 0.15) is 0 Å². The maximum absolute atomic E-state index is 13.1. The van der Waals surface area contributed by atoms with Gasteiger partial charge < -0.3 is 4.90 Å². The van der Waals surface area contributed by atoms with Gasteiger partial charge in [-0.25, -0.2) is 9.69 Å². The summed E-state index contributed by atoms with van der Waals surface area (Å²) < 4.78 is -0.124. The van der Waals surface area contributed by atoms with Crippen LogP contribution in [-0.2, 0) is 4.79 Å². The van der Waals surface area contributed by atoms with Crippen molar-refractivity contribution in [3.8, 4) is 0 Å². The van der Waals surface area contributed by atoms with E-state index < -0.39 is 0 Å². The number of carbonyl (C=O) groups excluding carboxylic acids is 2. The SMILES string of the molecule is CC(C)[C@@H]1SC(C)(C)[C@@H]2CC(=O)N(c3cccc(Cl)c3)C(=O)N21. The summed E-state index contributed by atoms with van der Waals surface area (Å²) in [6.07, 6.45) is 0.349. The van der Waals surface area contributed by atoms with Crippen LogP contribution < -0.4 is 4.90 Å². The van der Waals surface area contributed by atoms with E-state index in [0.29, 0.717) is 23.0 Å². The Balaban J connectivity index is 2.01. The number of hydrogen-bond acceptors (Lipinski definition) is 3. The van der Waals surface area contributed by atoms with Crippen molar-refractivity contribution in [1.82, 2.24) is 4.90 Å². The van der Waals surface area contributed by atoms with E-state index in [9.17, 15) is 9.59 Å². The van der Waals surface area contributed by atoms with E-state index in [1.165, 1.54) is 4.90 Å². The molecule has 2 saturated heterocycles. The van der Waals surface area contributed by atoms with Gasteiger partial charge in [0.15, 0.2) is 0 Å². The van der Waals surface area contributed by atoms with Crippen molar-refractivity contribution in [2.75, 3.05) is 4.90 Å². The first-order valence-corrected chi connectivity index (χ1v) is 9.07. The topological polar surface area (TPSA) is 40.6 Å². The lowest BCUT2D eigenvalue weighted by molar-refractivity contribution is -0.120. The minimum Gasteiger partial charge on any atom is -0.307 e. The Kier molecular flexibility index (Phi) is 4.13. The number of nitrogens with zero attached hydrogens (tertiary/aromatic N) is 2. The van der Waals surface area contributed by atoms with Crippen LogP contribution in [-0.4, -0.2) is 33.0 Å². The molecule has 0 saturated carbocycles. The molecule has 0 unspecified atom stereocenters. The van der Waals surface area contributed by atoms with Crippen molar-refractivity contribution < 1.29 is 9.59 Å². The first-order valence-electron chi connectivity index (χ1n) is 7.81. The average Bonchev–Trinajstić information content (AvgIpc) is 2.71. The van der Waals surface area contributed by atoms with Gasteiger partial charge in [0.2, 0.25) is 5.91 Å². The van der Waals surface area contributed by atoms with Gasteiger partial charge in [-0.2, -0.15) is 0 Å². The molecule has 2 heterocycles. The molecule has 2 fully saturated rings. The Hall–Kier alpha value is -1.20. The molecule has 6 heteroatoms. The predicted octanol–water partition coefficient (Wildman–Crippen LogP) is 4.37. The van der Waals surface area contributed by atoms with Gasteiger partial charge in [0.05, 0.1) is 17.1 Å². The second-order valence-corrected chi connectivity index (χ2v) is 9.18. The highest BCUT2D eigenvalue weighted by Gasteiger charge is 2.55. The number of anilines is 1. The van der Waals surface area contributed by atoms with Crippen LogP contribution in [0, 0.1) is 5.92 Å². The Labute approximate surface area is 146 Å². The normalized spacial score (nSPS) is 26.9. The molecule has 2 atom stereocenters. The Morgan fingerprint density at radius 2 is 2.00 bits per heavy atom. The Morgan fingerprint density at radius 3 is 2.61 bits per heavy atom. The van der Waals surface area contributed by atoms with E-state index in [1.807, 2.05) is 4.90 Å². The van der Waals surface area contributed by atoms with Gasteiger partial charge in [-0.3, -0.25) is 4.79 Å². The van der Waals surface area contributed by atoms with Crippen molar-refractivity contribution in [2.24, 2.45) is 5.92 Å². The zero-order valence-electron chi connectivity index (χ0n) is 13.7. The van der Waals surface area contributed by atoms with Crippen LogP contribution in [0.2, 0.25) is 5.02 Å². The number of carbonyl (C=O) groups is 2. The molecule has 2 aliphatic rings. The number of fused-ring (bicyclic) bond motifs is 1. The van der Waals surface area contributed by atoms with Crippen LogP contribution in [0.5, 0.6) is 0 Å². The highest BCUT2D eigenvalue weighted by molar-refractivity contribution is 8.01. The maximum atomic E-state index is 13.1. The van der Waals surface area contributed by atoms with Gasteiger partial charge in [0.25, 0.3) is 0 Å². The molecule has 4 nitrogen and oxygen atoms in total. The van der Waals surface area contributed by atoms with Crippen LogP contribution in [0.15, 0.2) is 24.3 Å². The Morgan fingerprint density at radius 1 is 1.30 bits per heavy atom. The summed E-state index contributed by atoms with van der Waals surface area (Å²) in [6, 6.07) is 6.61. The molecule has 124 valence electrons. The van der Waals surface area contributed by atoms with E-state index in [-0.39, 0.29) is 28.1 Å². The highest BCUT2D eigenvalue weighted by Crippen LogP contribution is 2.50. The lowest BCUT2D eigenvalue weighted by Crippen LogP contribution is -2.60. The number of benzene rings is 1. The molecule has 23 heavy (non-hydrogen) atoms. The van der Waals surface area contributed by atoms with E-state index in [0.717, 1.165) is 0 Å². The Bertz CT molecular complexity index is 662. The van der Waals surface area contributed by atoms with Crippen LogP contribution in [0.4, 0.5) is 10.5 Å². The van der Waals surface area contributed by atoms with Crippen molar-refractivity contribution in [3.63, 3.8) is 0 Å². The average molecular weight is 353 g/mol. The van der Waals surface area contributed by atoms with Crippen molar-refractivity contribution >= 4 is 41.0 Å². The molecule has 2 aliphatic heterocycles. The summed E-state index contributed by atoms with van der Waals surface area (Å²) in [5, 5.41) is 0.596. The number of rotatable bonds is 2. The standard InChI is InChI=1S/C17H21ClN2O2S/c1-10(2)15-20-13(17(3,4)23-15)9-14(21)19(16(20)22)12-7-5-6-11(18)8-12/h5-8,10,13,15H,9H2,1-4H3/t13-,15-/m0/s1. The lowest BCUT2D eigenvalue weighted by Gasteiger charge is -2.41. The van der Waals surface area contributed by atoms with Crippen molar-refractivity contribution in [1.29, 1.82) is 0 Å².